The minimum atomic E-state index is -3.20. The van der Waals surface area contributed by atoms with Gasteiger partial charge in [-0.05, 0) is 75.5 Å². The maximum Gasteiger partial charge on any atom is 0.235 e. The van der Waals surface area contributed by atoms with Gasteiger partial charge >= 0.3 is 0 Å². The zero-order valence-electron chi connectivity index (χ0n) is 20.9. The summed E-state index contributed by atoms with van der Waals surface area (Å²) in [4.78, 5) is 4.65. The van der Waals surface area contributed by atoms with Gasteiger partial charge in [0.2, 0.25) is 10.0 Å². The van der Waals surface area contributed by atoms with Crippen molar-refractivity contribution < 1.29 is 13.2 Å². The molecule has 0 aromatic heterocycles. The van der Waals surface area contributed by atoms with E-state index in [1.807, 2.05) is 30.3 Å². The van der Waals surface area contributed by atoms with E-state index in [-0.39, 0.29) is 5.75 Å². The number of piperidine rings is 1. The Morgan fingerprint density at radius 1 is 1.06 bits per heavy atom. The molecule has 2 aliphatic rings. The summed E-state index contributed by atoms with van der Waals surface area (Å²) >= 11 is 0. The summed E-state index contributed by atoms with van der Waals surface area (Å²) in [6.45, 7) is 9.40. The summed E-state index contributed by atoms with van der Waals surface area (Å²) in [7, 11) is -3.20. The van der Waals surface area contributed by atoms with Crippen LogP contribution in [0, 0.1) is 6.92 Å². The number of nitrogens with zero attached hydrogens (tertiary/aromatic N) is 3. The van der Waals surface area contributed by atoms with Gasteiger partial charge in [-0.25, -0.2) is 8.42 Å². The van der Waals surface area contributed by atoms with Crippen molar-refractivity contribution in [3.63, 3.8) is 0 Å². The van der Waals surface area contributed by atoms with Gasteiger partial charge in [-0.15, -0.1) is 0 Å². The molecule has 35 heavy (non-hydrogen) atoms. The fourth-order valence-electron chi connectivity index (χ4n) is 4.99. The monoisotopic (exact) mass is 498 g/mol. The molecule has 0 spiro atoms. The van der Waals surface area contributed by atoms with Crippen LogP contribution in [0.4, 0.5) is 11.4 Å². The van der Waals surface area contributed by atoms with E-state index in [1.165, 1.54) is 36.7 Å². The van der Waals surface area contributed by atoms with Crippen molar-refractivity contribution in [2.45, 2.75) is 39.5 Å². The van der Waals surface area contributed by atoms with Crippen molar-refractivity contribution in [2.24, 2.45) is 5.73 Å². The lowest BCUT2D eigenvalue weighted by Crippen LogP contribution is -2.33. The number of hydrogen-bond donors (Lipinski definition) is 1. The van der Waals surface area contributed by atoms with E-state index < -0.39 is 10.0 Å². The van der Waals surface area contributed by atoms with Crippen LogP contribution in [0.1, 0.15) is 43.7 Å². The number of hydrogen-bond acceptors (Lipinski definition) is 6. The van der Waals surface area contributed by atoms with Crippen LogP contribution in [0.5, 0.6) is 5.75 Å². The largest absolute Gasteiger partial charge is 0.492 e. The van der Waals surface area contributed by atoms with Crippen molar-refractivity contribution in [1.82, 2.24) is 4.90 Å². The van der Waals surface area contributed by atoms with Crippen LogP contribution in [0.25, 0.3) is 5.70 Å². The zero-order valence-corrected chi connectivity index (χ0v) is 21.8. The van der Waals surface area contributed by atoms with Gasteiger partial charge in [0.1, 0.15) is 12.4 Å². The van der Waals surface area contributed by atoms with Gasteiger partial charge in [0.25, 0.3) is 0 Å². The van der Waals surface area contributed by atoms with E-state index in [2.05, 4.69) is 35.8 Å². The summed E-state index contributed by atoms with van der Waals surface area (Å²) in [5.74, 6) is 1.06. The SMILES string of the molecule is CCN(/C(=C/N)c1ccc(N2CCCS2(=O)=O)cc1)c1cc(OCCN2CCCCC2)ccc1C. The number of aryl methyl sites for hydroxylation is 1. The number of likely N-dealkylation sites (tertiary alicyclic amines) is 1. The van der Waals surface area contributed by atoms with Gasteiger partial charge in [0.05, 0.1) is 17.1 Å². The Kier molecular flexibility index (Phi) is 8.23. The van der Waals surface area contributed by atoms with Crippen LogP contribution in [-0.4, -0.2) is 58.4 Å². The lowest BCUT2D eigenvalue weighted by atomic mass is 10.1. The van der Waals surface area contributed by atoms with Gasteiger partial charge in [0, 0.05) is 37.6 Å². The quantitative estimate of drug-likeness (QED) is 0.559. The molecule has 0 radical (unpaired) electrons. The topological polar surface area (TPSA) is 79.1 Å². The molecule has 0 aliphatic carbocycles. The molecule has 0 saturated carbocycles. The Labute approximate surface area is 210 Å². The number of rotatable bonds is 9. The minimum absolute atomic E-state index is 0.210. The molecule has 0 atom stereocenters. The highest BCUT2D eigenvalue weighted by Gasteiger charge is 2.28. The molecule has 2 N–H and O–H groups in total. The number of sulfonamides is 1. The van der Waals surface area contributed by atoms with Crippen LogP contribution in [0.3, 0.4) is 0 Å². The lowest BCUT2D eigenvalue weighted by molar-refractivity contribution is 0.183. The van der Waals surface area contributed by atoms with Crippen LogP contribution in [-0.2, 0) is 10.0 Å². The first-order valence-electron chi connectivity index (χ1n) is 12.7. The number of benzene rings is 2. The normalized spacial score (nSPS) is 18.6. The fourth-order valence-corrected chi connectivity index (χ4v) is 6.55. The third-order valence-electron chi connectivity index (χ3n) is 6.91. The second-order valence-electron chi connectivity index (χ2n) is 9.28. The van der Waals surface area contributed by atoms with E-state index in [4.69, 9.17) is 10.5 Å². The van der Waals surface area contributed by atoms with Gasteiger partial charge in [-0.2, -0.15) is 0 Å². The molecule has 7 nitrogen and oxygen atoms in total. The maximum atomic E-state index is 12.3. The van der Waals surface area contributed by atoms with Gasteiger partial charge in [-0.3, -0.25) is 9.21 Å². The van der Waals surface area contributed by atoms with Crippen LogP contribution >= 0.6 is 0 Å². The molecule has 8 heteroatoms. The molecule has 0 unspecified atom stereocenters. The predicted molar refractivity (Wildman–Crippen MR) is 144 cm³/mol. The van der Waals surface area contributed by atoms with E-state index >= 15 is 0 Å². The molecular weight excluding hydrogens is 460 g/mol. The molecule has 2 aromatic rings. The Morgan fingerprint density at radius 3 is 2.43 bits per heavy atom. The highest BCUT2D eigenvalue weighted by Crippen LogP contribution is 2.33. The molecule has 2 aliphatic heterocycles. The molecule has 0 bridgehead atoms. The lowest BCUT2D eigenvalue weighted by Gasteiger charge is -2.29. The van der Waals surface area contributed by atoms with Crippen molar-refractivity contribution in [3.05, 3.63) is 59.8 Å². The van der Waals surface area contributed by atoms with E-state index in [1.54, 1.807) is 6.20 Å². The predicted octanol–water partition coefficient (Wildman–Crippen LogP) is 4.18. The molecule has 2 heterocycles. The Balaban J connectivity index is 1.49. The highest BCUT2D eigenvalue weighted by molar-refractivity contribution is 7.93. The first kappa shape index (κ1) is 25.4. The van der Waals surface area contributed by atoms with Crippen molar-refractivity contribution in [2.75, 3.05) is 54.3 Å². The number of nitrogens with two attached hydrogens (primary N) is 1. The van der Waals surface area contributed by atoms with Crippen LogP contribution < -0.4 is 19.7 Å². The smallest absolute Gasteiger partial charge is 0.235 e. The number of ether oxygens (including phenoxy) is 1. The minimum Gasteiger partial charge on any atom is -0.492 e. The summed E-state index contributed by atoms with van der Waals surface area (Å²) < 4.78 is 32.2. The van der Waals surface area contributed by atoms with Gasteiger partial charge in [0.15, 0.2) is 0 Å². The molecule has 2 fully saturated rings. The van der Waals surface area contributed by atoms with Crippen LogP contribution in [0.15, 0.2) is 48.7 Å². The van der Waals surface area contributed by atoms with Crippen LogP contribution in [0.2, 0.25) is 0 Å². The Morgan fingerprint density at radius 2 is 1.80 bits per heavy atom. The van der Waals surface area contributed by atoms with Crippen molar-refractivity contribution in [3.8, 4) is 5.75 Å². The summed E-state index contributed by atoms with van der Waals surface area (Å²) in [6, 6.07) is 13.8. The molecule has 2 aromatic carbocycles. The summed E-state index contributed by atoms with van der Waals surface area (Å²) in [5, 5.41) is 0. The Bertz CT molecular complexity index is 1130. The average molecular weight is 499 g/mol. The molecular formula is C27H38N4O3S. The standard InChI is InChI=1S/C27H38N4O3S/c1-3-30(26-20-25(13-8-22(26)2)34-18-17-29-14-5-4-6-15-29)27(21-28)23-9-11-24(12-10-23)31-16-7-19-35(31,32)33/h8-13,20-21H,3-7,14-19,28H2,1-2H3/b27-21+. The molecule has 2 saturated heterocycles. The van der Waals surface area contributed by atoms with Gasteiger partial charge in [-0.1, -0.05) is 24.6 Å². The first-order chi connectivity index (χ1) is 16.9. The fraction of sp³-hybridized carbons (Fsp3) is 0.481. The number of anilines is 2. The second kappa shape index (κ2) is 11.4. The Hall–Kier alpha value is -2.71. The van der Waals surface area contributed by atoms with Crippen molar-refractivity contribution in [1.29, 1.82) is 0 Å². The third-order valence-corrected chi connectivity index (χ3v) is 8.78. The van der Waals surface area contributed by atoms with E-state index in [0.29, 0.717) is 25.3 Å². The zero-order chi connectivity index (χ0) is 24.8. The first-order valence-corrected chi connectivity index (χ1v) is 14.3. The summed E-state index contributed by atoms with van der Waals surface area (Å²) in [5.41, 5.74) is 10.8. The molecule has 4 rings (SSSR count). The average Bonchev–Trinajstić information content (AvgIpc) is 3.23. The second-order valence-corrected chi connectivity index (χ2v) is 11.3. The molecule has 190 valence electrons. The van der Waals surface area contributed by atoms with E-state index in [9.17, 15) is 8.42 Å². The molecule has 0 amide bonds. The highest BCUT2D eigenvalue weighted by atomic mass is 32.2. The third kappa shape index (κ3) is 5.93. The van der Waals surface area contributed by atoms with Gasteiger partial charge < -0.3 is 15.4 Å². The van der Waals surface area contributed by atoms with E-state index in [0.717, 1.165) is 41.4 Å². The maximum absolute atomic E-state index is 12.3. The van der Waals surface area contributed by atoms with Crippen molar-refractivity contribution >= 4 is 27.1 Å². The summed E-state index contributed by atoms with van der Waals surface area (Å²) in [6.07, 6.45) is 6.18.